The van der Waals surface area contributed by atoms with E-state index < -0.39 is 17.8 Å². The summed E-state index contributed by atoms with van der Waals surface area (Å²) in [7, 11) is 1.30. The number of amides is 3. The van der Waals surface area contributed by atoms with Gasteiger partial charge in [0.15, 0.2) is 11.5 Å². The first kappa shape index (κ1) is 22.2. The molecule has 0 aliphatic carbocycles. The summed E-state index contributed by atoms with van der Waals surface area (Å²) >= 11 is 0.744. The van der Waals surface area contributed by atoms with Crippen LogP contribution in [0.4, 0.5) is 13.6 Å². The standard InChI is InChI=1S/C20H17F2N3O5S/c1-29-15-9-12(4-5-14(15)30-19(21)22)10-16-18(27)25(20(28)31-16)8-7-24-17(26)13-3-2-6-23-11-13/h2-6,9-11,19H,7-8H2,1H3,(H,24,26)/b16-10-. The molecular weight excluding hydrogens is 432 g/mol. The number of hydrogen-bond acceptors (Lipinski definition) is 7. The molecule has 2 heterocycles. The van der Waals surface area contributed by atoms with Crippen LogP contribution < -0.4 is 14.8 Å². The largest absolute Gasteiger partial charge is 0.493 e. The summed E-state index contributed by atoms with van der Waals surface area (Å²) in [5.41, 5.74) is 0.832. The van der Waals surface area contributed by atoms with Crippen molar-refractivity contribution in [2.24, 2.45) is 0 Å². The van der Waals surface area contributed by atoms with E-state index in [-0.39, 0.29) is 35.4 Å². The molecule has 11 heteroatoms. The smallest absolute Gasteiger partial charge is 0.387 e. The monoisotopic (exact) mass is 449 g/mol. The van der Waals surface area contributed by atoms with Gasteiger partial charge in [0.25, 0.3) is 17.1 Å². The fourth-order valence-corrected chi connectivity index (χ4v) is 3.56. The van der Waals surface area contributed by atoms with E-state index >= 15 is 0 Å². The van der Waals surface area contributed by atoms with E-state index in [2.05, 4.69) is 15.0 Å². The van der Waals surface area contributed by atoms with Crippen molar-refractivity contribution in [1.29, 1.82) is 0 Å². The van der Waals surface area contributed by atoms with E-state index in [1.165, 1.54) is 37.6 Å². The third-order valence-corrected chi connectivity index (χ3v) is 5.03. The highest BCUT2D eigenvalue weighted by Gasteiger charge is 2.34. The normalized spacial score (nSPS) is 15.0. The first-order valence-electron chi connectivity index (χ1n) is 8.95. The average Bonchev–Trinajstić information content (AvgIpc) is 3.02. The Hall–Kier alpha value is -3.47. The van der Waals surface area contributed by atoms with Crippen LogP contribution in [0.25, 0.3) is 6.08 Å². The van der Waals surface area contributed by atoms with Crippen molar-refractivity contribution in [2.75, 3.05) is 20.2 Å². The molecule has 8 nitrogen and oxygen atoms in total. The van der Waals surface area contributed by atoms with Crippen molar-refractivity contribution in [2.45, 2.75) is 6.61 Å². The van der Waals surface area contributed by atoms with Gasteiger partial charge in [-0.25, -0.2) is 0 Å². The van der Waals surface area contributed by atoms with Crippen molar-refractivity contribution < 1.29 is 32.6 Å². The number of ether oxygens (including phenoxy) is 2. The van der Waals surface area contributed by atoms with Gasteiger partial charge in [-0.3, -0.25) is 24.3 Å². The van der Waals surface area contributed by atoms with Crippen molar-refractivity contribution in [3.05, 3.63) is 58.8 Å². The molecule has 0 radical (unpaired) electrons. The Kier molecular flexibility index (Phi) is 7.19. The van der Waals surface area contributed by atoms with Gasteiger partial charge in [-0.15, -0.1) is 0 Å². The Bertz CT molecular complexity index is 1020. The maximum atomic E-state index is 12.6. The number of nitrogens with one attached hydrogen (secondary N) is 1. The molecule has 1 aliphatic heterocycles. The quantitative estimate of drug-likeness (QED) is 0.618. The summed E-state index contributed by atoms with van der Waals surface area (Å²) in [5, 5.41) is 2.15. The zero-order valence-electron chi connectivity index (χ0n) is 16.2. The number of thioether (sulfide) groups is 1. The molecule has 1 N–H and O–H groups in total. The third kappa shape index (κ3) is 5.57. The number of carbonyl (C=O) groups excluding carboxylic acids is 3. The van der Waals surface area contributed by atoms with Crippen LogP contribution in [0.5, 0.6) is 11.5 Å². The molecular formula is C20H17F2N3O5S. The van der Waals surface area contributed by atoms with Crippen LogP contribution >= 0.6 is 11.8 Å². The lowest BCUT2D eigenvalue weighted by Crippen LogP contribution is -2.37. The molecule has 0 spiro atoms. The topological polar surface area (TPSA) is 97.8 Å². The maximum Gasteiger partial charge on any atom is 0.387 e. The zero-order chi connectivity index (χ0) is 22.4. The van der Waals surface area contributed by atoms with Crippen molar-refractivity contribution >= 4 is 34.9 Å². The summed E-state index contributed by atoms with van der Waals surface area (Å²) in [5.74, 6) is -0.968. The number of carbonyl (C=O) groups is 3. The molecule has 1 saturated heterocycles. The highest BCUT2D eigenvalue weighted by Crippen LogP contribution is 2.34. The number of pyridine rings is 1. The molecule has 0 bridgehead atoms. The van der Waals surface area contributed by atoms with Gasteiger partial charge in [0.1, 0.15) is 0 Å². The molecule has 1 aromatic heterocycles. The van der Waals surface area contributed by atoms with E-state index in [9.17, 15) is 23.2 Å². The average molecular weight is 449 g/mol. The highest BCUT2D eigenvalue weighted by atomic mass is 32.2. The van der Waals surface area contributed by atoms with Gasteiger partial charge < -0.3 is 14.8 Å². The second kappa shape index (κ2) is 10.0. The van der Waals surface area contributed by atoms with Gasteiger partial charge in [0, 0.05) is 25.5 Å². The van der Waals surface area contributed by atoms with Crippen LogP contribution in [0.1, 0.15) is 15.9 Å². The fraction of sp³-hybridized carbons (Fsp3) is 0.200. The molecule has 162 valence electrons. The van der Waals surface area contributed by atoms with Gasteiger partial charge in [-0.1, -0.05) is 6.07 Å². The van der Waals surface area contributed by atoms with Gasteiger partial charge in [0.2, 0.25) is 0 Å². The number of alkyl halides is 2. The summed E-state index contributed by atoms with van der Waals surface area (Å²) < 4.78 is 34.3. The molecule has 0 saturated carbocycles. The van der Waals surface area contributed by atoms with E-state index in [1.54, 1.807) is 18.3 Å². The fourth-order valence-electron chi connectivity index (χ4n) is 2.69. The van der Waals surface area contributed by atoms with Crippen LogP contribution in [-0.2, 0) is 4.79 Å². The number of rotatable bonds is 8. The Labute approximate surface area is 180 Å². The molecule has 31 heavy (non-hydrogen) atoms. The van der Waals surface area contributed by atoms with Gasteiger partial charge in [-0.05, 0) is 47.7 Å². The molecule has 1 fully saturated rings. The maximum absolute atomic E-state index is 12.6. The van der Waals surface area contributed by atoms with E-state index in [4.69, 9.17) is 4.74 Å². The minimum atomic E-state index is -3.00. The van der Waals surface area contributed by atoms with E-state index in [1.807, 2.05) is 0 Å². The molecule has 0 unspecified atom stereocenters. The SMILES string of the molecule is COc1cc(/C=C2\SC(=O)N(CCNC(=O)c3cccnc3)C2=O)ccc1OC(F)F. The number of aromatic nitrogens is 1. The lowest BCUT2D eigenvalue weighted by molar-refractivity contribution is -0.122. The number of hydrogen-bond donors (Lipinski definition) is 1. The number of methoxy groups -OCH3 is 1. The lowest BCUT2D eigenvalue weighted by atomic mass is 10.2. The Morgan fingerprint density at radius 2 is 2.10 bits per heavy atom. The summed E-state index contributed by atoms with van der Waals surface area (Å²) in [6.07, 6.45) is 4.40. The number of halogens is 2. The van der Waals surface area contributed by atoms with Crippen LogP contribution in [0.15, 0.2) is 47.6 Å². The number of imide groups is 1. The number of nitrogens with zero attached hydrogens (tertiary/aromatic N) is 2. The Morgan fingerprint density at radius 3 is 2.77 bits per heavy atom. The van der Waals surface area contributed by atoms with E-state index in [0.29, 0.717) is 11.1 Å². The van der Waals surface area contributed by atoms with Crippen LogP contribution in [0.2, 0.25) is 0 Å². The van der Waals surface area contributed by atoms with E-state index in [0.717, 1.165) is 16.7 Å². The molecule has 2 aromatic rings. The zero-order valence-corrected chi connectivity index (χ0v) is 17.0. The van der Waals surface area contributed by atoms with Gasteiger partial charge in [-0.2, -0.15) is 8.78 Å². The van der Waals surface area contributed by atoms with Crippen molar-refractivity contribution in [1.82, 2.24) is 15.2 Å². The van der Waals surface area contributed by atoms with Gasteiger partial charge in [0.05, 0.1) is 17.6 Å². The first-order chi connectivity index (χ1) is 14.9. The summed E-state index contributed by atoms with van der Waals surface area (Å²) in [6, 6.07) is 7.38. The predicted molar refractivity (Wildman–Crippen MR) is 109 cm³/mol. The highest BCUT2D eigenvalue weighted by molar-refractivity contribution is 8.18. The predicted octanol–water partition coefficient (Wildman–Crippen LogP) is 3.16. The minimum absolute atomic E-state index is 0.00149. The van der Waals surface area contributed by atoms with Crippen molar-refractivity contribution in [3.8, 4) is 11.5 Å². The number of benzene rings is 1. The van der Waals surface area contributed by atoms with Crippen molar-refractivity contribution in [3.63, 3.8) is 0 Å². The van der Waals surface area contributed by atoms with Crippen LogP contribution in [0, 0.1) is 0 Å². The molecule has 1 aromatic carbocycles. The second-order valence-corrected chi connectivity index (χ2v) is 7.11. The second-order valence-electron chi connectivity index (χ2n) is 6.12. The Morgan fingerprint density at radius 1 is 1.29 bits per heavy atom. The lowest BCUT2D eigenvalue weighted by Gasteiger charge is -2.13. The third-order valence-electron chi connectivity index (χ3n) is 4.12. The molecule has 1 aliphatic rings. The summed E-state index contributed by atoms with van der Waals surface area (Å²) in [4.78, 5) is 41.8. The van der Waals surface area contributed by atoms with Crippen LogP contribution in [-0.4, -0.2) is 53.7 Å². The van der Waals surface area contributed by atoms with Crippen LogP contribution in [0.3, 0.4) is 0 Å². The molecule has 3 rings (SSSR count). The Balaban J connectivity index is 1.64. The summed E-state index contributed by atoms with van der Waals surface area (Å²) in [6.45, 7) is -2.93. The first-order valence-corrected chi connectivity index (χ1v) is 9.77. The van der Waals surface area contributed by atoms with Gasteiger partial charge >= 0.3 is 6.61 Å². The minimum Gasteiger partial charge on any atom is -0.493 e. The molecule has 3 amide bonds. The molecule has 0 atom stereocenters.